The third kappa shape index (κ3) is 3.80. The van der Waals surface area contributed by atoms with Gasteiger partial charge in [-0.1, -0.05) is 0 Å². The zero-order valence-electron chi connectivity index (χ0n) is 16.2. The predicted molar refractivity (Wildman–Crippen MR) is 116 cm³/mol. The highest BCUT2D eigenvalue weighted by molar-refractivity contribution is 9.10. The number of imidazole rings is 1. The molecule has 1 aromatic heterocycles. The van der Waals surface area contributed by atoms with Crippen LogP contribution in [-0.2, 0) is 0 Å². The lowest BCUT2D eigenvalue weighted by Crippen LogP contribution is -1.93. The number of benzene rings is 3. The number of methoxy groups -OCH3 is 2. The van der Waals surface area contributed by atoms with Gasteiger partial charge in [0.25, 0.3) is 0 Å². The molecule has 30 heavy (non-hydrogen) atoms. The maximum Gasteiger partial charge on any atom is 0.142 e. The number of halogens is 3. The minimum absolute atomic E-state index is 0.331. The largest absolute Gasteiger partial charge is 0.496 e. The molecule has 0 aliphatic rings. The van der Waals surface area contributed by atoms with Gasteiger partial charge >= 0.3 is 0 Å². The van der Waals surface area contributed by atoms with Gasteiger partial charge in [-0.3, -0.25) is 0 Å². The molecular formula is C23H17BrF2N2O2. The lowest BCUT2D eigenvalue weighted by molar-refractivity contribution is 0.393. The van der Waals surface area contributed by atoms with E-state index < -0.39 is 0 Å². The number of aromatic amines is 1. The van der Waals surface area contributed by atoms with Crippen LogP contribution in [0.2, 0.25) is 0 Å². The van der Waals surface area contributed by atoms with Crippen molar-refractivity contribution < 1.29 is 18.3 Å². The Labute approximate surface area is 180 Å². The smallest absolute Gasteiger partial charge is 0.142 e. The third-order valence-electron chi connectivity index (χ3n) is 4.68. The Morgan fingerprint density at radius 1 is 0.800 bits per heavy atom. The van der Waals surface area contributed by atoms with Gasteiger partial charge in [-0.25, -0.2) is 13.8 Å². The van der Waals surface area contributed by atoms with Gasteiger partial charge in [0.1, 0.15) is 29.0 Å². The number of nitrogens with zero attached hydrogens (tertiary/aromatic N) is 1. The number of hydrogen-bond acceptors (Lipinski definition) is 3. The normalized spacial score (nSPS) is 10.8. The van der Waals surface area contributed by atoms with Crippen molar-refractivity contribution in [3.63, 3.8) is 0 Å². The monoisotopic (exact) mass is 470 g/mol. The average Bonchev–Trinajstić information content (AvgIpc) is 3.20. The second-order valence-corrected chi connectivity index (χ2v) is 7.36. The van der Waals surface area contributed by atoms with E-state index in [9.17, 15) is 8.78 Å². The lowest BCUT2D eigenvalue weighted by Gasteiger charge is -2.10. The molecule has 4 rings (SSSR count). The fourth-order valence-corrected chi connectivity index (χ4v) is 3.69. The zero-order chi connectivity index (χ0) is 21.3. The number of ether oxygens (including phenoxy) is 2. The summed E-state index contributed by atoms with van der Waals surface area (Å²) < 4.78 is 38.5. The predicted octanol–water partition coefficient (Wildman–Crippen LogP) is 6.47. The topological polar surface area (TPSA) is 47.1 Å². The molecule has 4 aromatic rings. The highest BCUT2D eigenvalue weighted by Gasteiger charge is 2.19. The number of hydrogen-bond donors (Lipinski definition) is 1. The fourth-order valence-electron chi connectivity index (χ4n) is 3.19. The minimum atomic E-state index is -0.335. The van der Waals surface area contributed by atoms with Crippen LogP contribution in [0.3, 0.4) is 0 Å². The van der Waals surface area contributed by atoms with Crippen LogP contribution in [0.15, 0.2) is 65.1 Å². The van der Waals surface area contributed by atoms with Crippen LogP contribution in [0.1, 0.15) is 0 Å². The van der Waals surface area contributed by atoms with E-state index >= 15 is 0 Å². The molecule has 152 valence electrons. The first-order valence-electron chi connectivity index (χ1n) is 9.04. The first kappa shape index (κ1) is 20.1. The fraction of sp³-hybridized carbons (Fsp3) is 0.0870. The first-order chi connectivity index (χ1) is 14.5. The summed E-state index contributed by atoms with van der Waals surface area (Å²) in [5, 5.41) is 0. The first-order valence-corrected chi connectivity index (χ1v) is 9.83. The maximum absolute atomic E-state index is 13.5. The van der Waals surface area contributed by atoms with Crippen LogP contribution in [0, 0.1) is 11.6 Å². The Morgan fingerprint density at radius 3 is 1.93 bits per heavy atom. The molecule has 0 atom stereocenters. The molecule has 0 bridgehead atoms. The Bertz CT molecular complexity index is 1130. The van der Waals surface area contributed by atoms with Gasteiger partial charge < -0.3 is 14.5 Å². The van der Waals surface area contributed by atoms with E-state index in [0.717, 1.165) is 15.6 Å². The second kappa shape index (κ2) is 8.28. The molecule has 1 N–H and O–H groups in total. The van der Waals surface area contributed by atoms with Gasteiger partial charge in [0.15, 0.2) is 0 Å². The van der Waals surface area contributed by atoms with Gasteiger partial charge in [-0.05, 0) is 70.5 Å². The molecule has 0 saturated heterocycles. The van der Waals surface area contributed by atoms with Crippen LogP contribution in [0.25, 0.3) is 33.9 Å². The molecule has 1 heterocycles. The SMILES string of the molecule is COc1cc(OC)c(-c2nc(-c3ccc(F)cc3)c(-c3ccc(F)cc3)[nH]2)cc1Br. The summed E-state index contributed by atoms with van der Waals surface area (Å²) in [6.07, 6.45) is 0. The summed E-state index contributed by atoms with van der Waals surface area (Å²) in [5.74, 6) is 1.08. The Morgan fingerprint density at radius 2 is 1.37 bits per heavy atom. The molecule has 0 unspecified atom stereocenters. The van der Waals surface area contributed by atoms with Crippen molar-refractivity contribution in [1.29, 1.82) is 0 Å². The van der Waals surface area contributed by atoms with E-state index in [-0.39, 0.29) is 11.6 Å². The lowest BCUT2D eigenvalue weighted by atomic mass is 10.1. The molecule has 0 amide bonds. The van der Waals surface area contributed by atoms with E-state index in [4.69, 9.17) is 14.5 Å². The van der Waals surface area contributed by atoms with Crippen molar-refractivity contribution in [1.82, 2.24) is 9.97 Å². The molecule has 7 heteroatoms. The highest BCUT2D eigenvalue weighted by Crippen LogP contribution is 2.40. The van der Waals surface area contributed by atoms with Crippen molar-refractivity contribution in [2.45, 2.75) is 0 Å². The van der Waals surface area contributed by atoms with E-state index in [2.05, 4.69) is 20.9 Å². The molecule has 0 aliphatic carbocycles. The number of rotatable bonds is 5. The third-order valence-corrected chi connectivity index (χ3v) is 5.30. The summed E-state index contributed by atoms with van der Waals surface area (Å²) in [7, 11) is 3.14. The van der Waals surface area contributed by atoms with Crippen LogP contribution in [0.4, 0.5) is 8.78 Å². The van der Waals surface area contributed by atoms with E-state index in [1.807, 2.05) is 6.07 Å². The summed E-state index contributed by atoms with van der Waals surface area (Å²) >= 11 is 3.49. The minimum Gasteiger partial charge on any atom is -0.496 e. The van der Waals surface area contributed by atoms with Crippen molar-refractivity contribution in [2.75, 3.05) is 14.2 Å². The maximum atomic E-state index is 13.5. The number of H-pyrrole nitrogens is 1. The molecule has 4 nitrogen and oxygen atoms in total. The summed E-state index contributed by atoms with van der Waals surface area (Å²) in [6.45, 7) is 0. The van der Waals surface area contributed by atoms with Crippen LogP contribution < -0.4 is 9.47 Å². The molecule has 0 saturated carbocycles. The number of nitrogens with one attached hydrogen (secondary N) is 1. The number of aromatic nitrogens is 2. The molecule has 0 spiro atoms. The summed E-state index contributed by atoms with van der Waals surface area (Å²) in [6, 6.07) is 15.8. The van der Waals surface area contributed by atoms with Gasteiger partial charge in [0.05, 0.1) is 35.6 Å². The Hall–Kier alpha value is -3.19. The Balaban J connectivity index is 1.93. The van der Waals surface area contributed by atoms with E-state index in [1.54, 1.807) is 44.6 Å². The highest BCUT2D eigenvalue weighted by atomic mass is 79.9. The standard InChI is InChI=1S/C23H17BrF2N2O2/c1-29-19-12-20(30-2)18(24)11-17(19)23-27-21(13-3-7-15(25)8-4-13)22(28-23)14-5-9-16(26)10-6-14/h3-12H,1-2H3,(H,27,28). The van der Waals surface area contributed by atoms with Crippen LogP contribution in [0.5, 0.6) is 11.5 Å². The van der Waals surface area contributed by atoms with Crippen molar-refractivity contribution in [3.05, 3.63) is 76.8 Å². The zero-order valence-corrected chi connectivity index (χ0v) is 17.8. The van der Waals surface area contributed by atoms with Crippen molar-refractivity contribution in [3.8, 4) is 45.4 Å². The van der Waals surface area contributed by atoms with E-state index in [0.29, 0.717) is 34.3 Å². The van der Waals surface area contributed by atoms with Crippen LogP contribution >= 0.6 is 15.9 Å². The average molecular weight is 471 g/mol. The van der Waals surface area contributed by atoms with Crippen molar-refractivity contribution >= 4 is 15.9 Å². The second-order valence-electron chi connectivity index (χ2n) is 6.51. The molecule has 0 aliphatic heterocycles. The summed E-state index contributed by atoms with van der Waals surface area (Å²) in [4.78, 5) is 8.09. The quantitative estimate of drug-likeness (QED) is 0.363. The Kier molecular flexibility index (Phi) is 5.55. The van der Waals surface area contributed by atoms with Gasteiger partial charge in [0.2, 0.25) is 0 Å². The molecule has 3 aromatic carbocycles. The van der Waals surface area contributed by atoms with Gasteiger partial charge in [0, 0.05) is 17.2 Å². The van der Waals surface area contributed by atoms with Crippen molar-refractivity contribution in [2.24, 2.45) is 0 Å². The summed E-state index contributed by atoms with van der Waals surface area (Å²) in [5.41, 5.74) is 3.49. The van der Waals surface area contributed by atoms with Crippen LogP contribution in [-0.4, -0.2) is 24.2 Å². The molecule has 0 radical (unpaired) electrons. The van der Waals surface area contributed by atoms with E-state index in [1.165, 1.54) is 24.3 Å². The molecular weight excluding hydrogens is 454 g/mol. The molecule has 0 fully saturated rings. The van der Waals surface area contributed by atoms with Gasteiger partial charge in [-0.15, -0.1) is 0 Å². The van der Waals surface area contributed by atoms with Gasteiger partial charge in [-0.2, -0.15) is 0 Å².